The molecule has 82 valence electrons. The predicted octanol–water partition coefficient (Wildman–Crippen LogP) is 1.51. The summed E-state index contributed by atoms with van der Waals surface area (Å²) in [4.78, 5) is 4.79. The highest BCUT2D eigenvalue weighted by Crippen LogP contribution is 2.49. The number of hydrogen-bond donors (Lipinski definition) is 1. The quantitative estimate of drug-likeness (QED) is 0.549. The zero-order valence-corrected chi connectivity index (χ0v) is 9.66. The second kappa shape index (κ2) is 5.11. The maximum atomic E-state index is 9.22. The van der Waals surface area contributed by atoms with Crippen molar-refractivity contribution in [3.8, 4) is 6.07 Å². The molecule has 0 bridgehead atoms. The number of hydroxylamine groups is 1. The summed E-state index contributed by atoms with van der Waals surface area (Å²) in [6.45, 7) is 4.06. The zero-order valence-electron chi connectivity index (χ0n) is 9.66. The molecule has 1 fully saturated rings. The molecule has 1 saturated carbocycles. The summed E-state index contributed by atoms with van der Waals surface area (Å²) in [5.41, 5.74) is 2.47. The van der Waals surface area contributed by atoms with E-state index in [-0.39, 0.29) is 5.41 Å². The third kappa shape index (κ3) is 2.92. The van der Waals surface area contributed by atoms with E-state index in [0.29, 0.717) is 5.92 Å². The van der Waals surface area contributed by atoms with Crippen LogP contribution in [0.15, 0.2) is 23.9 Å². The molecule has 0 spiro atoms. The number of nitrogens with two attached hydrogens (primary N) is 1. The van der Waals surface area contributed by atoms with Gasteiger partial charge in [-0.15, -0.1) is 0 Å². The lowest BCUT2D eigenvalue weighted by atomic mass is 9.79. The highest BCUT2D eigenvalue weighted by atomic mass is 16.6. The van der Waals surface area contributed by atoms with E-state index in [4.69, 9.17) is 4.84 Å². The fraction of sp³-hybridized carbons (Fsp3) is 0.583. The van der Waals surface area contributed by atoms with Gasteiger partial charge in [0.25, 0.3) is 0 Å². The highest BCUT2D eigenvalue weighted by Gasteiger charge is 2.42. The molecule has 0 aromatic rings. The molecule has 0 amide bonds. The Kier molecular flexibility index (Phi) is 4.07. The maximum absolute atomic E-state index is 9.22. The molecule has 0 aromatic carbocycles. The Morgan fingerprint density at radius 2 is 2.27 bits per heavy atom. The second-order valence-corrected chi connectivity index (χ2v) is 4.19. The van der Waals surface area contributed by atoms with E-state index in [1.165, 1.54) is 12.8 Å². The van der Waals surface area contributed by atoms with E-state index < -0.39 is 0 Å². The van der Waals surface area contributed by atoms with Crippen LogP contribution in [0.1, 0.15) is 26.7 Å². The maximum Gasteiger partial charge on any atom is 0.125 e. The van der Waals surface area contributed by atoms with Gasteiger partial charge in [0, 0.05) is 0 Å². The highest BCUT2D eigenvalue weighted by molar-refractivity contribution is 5.27. The summed E-state index contributed by atoms with van der Waals surface area (Å²) in [6, 6.07) is 2.44. The van der Waals surface area contributed by atoms with Gasteiger partial charge in [0.15, 0.2) is 0 Å². The molecule has 3 nitrogen and oxygen atoms in total. The summed E-state index contributed by atoms with van der Waals surface area (Å²) in [5.74, 6) is 0.554. The summed E-state index contributed by atoms with van der Waals surface area (Å²) in [7, 11) is 1.62. The first-order valence-corrected chi connectivity index (χ1v) is 5.26. The number of allylic oxidation sites excluding steroid dienone is 3. The van der Waals surface area contributed by atoms with Crippen LogP contribution in [0.2, 0.25) is 0 Å². The molecule has 1 aliphatic carbocycles. The number of nitrogens with zero attached hydrogens (tertiary/aromatic N) is 1. The number of rotatable bonds is 5. The molecule has 1 aliphatic rings. The normalized spacial score (nSPS) is 21.3. The van der Waals surface area contributed by atoms with Gasteiger partial charge in [0.05, 0.1) is 18.6 Å². The largest absolute Gasteiger partial charge is 0.205 e. The minimum atomic E-state index is -0.280. The molecule has 0 aliphatic heterocycles. The molecule has 1 unspecified atom stereocenters. The van der Waals surface area contributed by atoms with Crippen LogP contribution in [0, 0.1) is 22.7 Å². The lowest BCUT2D eigenvalue weighted by Gasteiger charge is -2.21. The Morgan fingerprint density at radius 1 is 1.60 bits per heavy atom. The average Bonchev–Trinajstić information content (AvgIpc) is 3.06. The van der Waals surface area contributed by atoms with Crippen molar-refractivity contribution in [3.63, 3.8) is 0 Å². The molecule has 1 rings (SSSR count). The standard InChI is InChI=1S/C12H18N2O/c1-10(5-4-8-14-15-3)12(2,9-13)11-6-7-11/h4-5,8,11,14H,6-7H2,1-3H3/p+1/b8-4-,10-5+. The fourth-order valence-corrected chi connectivity index (χ4v) is 1.66. The molecule has 2 N–H and O–H groups in total. The van der Waals surface area contributed by atoms with Crippen molar-refractivity contribution in [2.45, 2.75) is 26.7 Å². The van der Waals surface area contributed by atoms with Crippen molar-refractivity contribution in [1.29, 1.82) is 5.26 Å². The van der Waals surface area contributed by atoms with Crippen LogP contribution in [0.4, 0.5) is 0 Å². The number of hydrogen-bond acceptors (Lipinski definition) is 2. The lowest BCUT2D eigenvalue weighted by molar-refractivity contribution is -0.842. The first-order chi connectivity index (χ1) is 7.15. The van der Waals surface area contributed by atoms with Crippen molar-refractivity contribution in [2.24, 2.45) is 11.3 Å². The summed E-state index contributed by atoms with van der Waals surface area (Å²) in [6.07, 6.45) is 8.11. The molecule has 3 heteroatoms. The van der Waals surface area contributed by atoms with Crippen LogP contribution in [-0.4, -0.2) is 7.11 Å². The number of nitriles is 1. The topological polar surface area (TPSA) is 49.6 Å². The molecule has 15 heavy (non-hydrogen) atoms. The van der Waals surface area contributed by atoms with Crippen LogP contribution in [0.3, 0.4) is 0 Å². The van der Waals surface area contributed by atoms with Gasteiger partial charge in [-0.1, -0.05) is 11.6 Å². The fourth-order valence-electron chi connectivity index (χ4n) is 1.66. The first-order valence-electron chi connectivity index (χ1n) is 5.26. The smallest absolute Gasteiger partial charge is 0.125 e. The minimum absolute atomic E-state index is 0.280. The van der Waals surface area contributed by atoms with Crippen LogP contribution >= 0.6 is 0 Å². The van der Waals surface area contributed by atoms with Crippen molar-refractivity contribution >= 4 is 0 Å². The zero-order chi connectivity index (χ0) is 11.3. The Morgan fingerprint density at radius 3 is 2.73 bits per heavy atom. The predicted molar refractivity (Wildman–Crippen MR) is 58.3 cm³/mol. The van der Waals surface area contributed by atoms with Gasteiger partial charge in [-0.25, -0.2) is 4.84 Å². The van der Waals surface area contributed by atoms with Crippen LogP contribution in [-0.2, 0) is 4.84 Å². The number of quaternary nitrogens is 1. The second-order valence-electron chi connectivity index (χ2n) is 4.19. The molecular weight excluding hydrogens is 188 g/mol. The van der Waals surface area contributed by atoms with Crippen molar-refractivity contribution in [2.75, 3.05) is 7.11 Å². The third-order valence-corrected chi connectivity index (χ3v) is 3.12. The summed E-state index contributed by atoms with van der Waals surface area (Å²) >= 11 is 0. The van der Waals surface area contributed by atoms with Crippen molar-refractivity contribution in [1.82, 2.24) is 0 Å². The molecule has 0 aromatic heterocycles. The van der Waals surface area contributed by atoms with Crippen LogP contribution in [0.25, 0.3) is 0 Å². The Labute approximate surface area is 91.4 Å². The van der Waals surface area contributed by atoms with E-state index in [9.17, 15) is 5.26 Å². The van der Waals surface area contributed by atoms with Crippen molar-refractivity contribution in [3.05, 3.63) is 23.9 Å². The minimum Gasteiger partial charge on any atom is -0.205 e. The van der Waals surface area contributed by atoms with E-state index in [1.54, 1.807) is 12.6 Å². The molecule has 1 atom stereocenters. The monoisotopic (exact) mass is 207 g/mol. The van der Waals surface area contributed by atoms with Gasteiger partial charge in [0.2, 0.25) is 0 Å². The Balaban J connectivity index is 2.64. The van der Waals surface area contributed by atoms with E-state index in [1.807, 2.05) is 32.2 Å². The molecular formula is C12H19N2O+. The van der Waals surface area contributed by atoms with Crippen LogP contribution < -0.4 is 5.48 Å². The summed E-state index contributed by atoms with van der Waals surface area (Å²) < 4.78 is 0. The van der Waals surface area contributed by atoms with Crippen LogP contribution in [0.5, 0.6) is 0 Å². The van der Waals surface area contributed by atoms with Gasteiger partial charge in [-0.3, -0.25) is 0 Å². The molecule has 0 radical (unpaired) electrons. The van der Waals surface area contributed by atoms with Gasteiger partial charge in [0.1, 0.15) is 6.20 Å². The molecule has 0 saturated heterocycles. The Bertz CT molecular complexity index is 310. The summed E-state index contributed by atoms with van der Waals surface area (Å²) in [5, 5.41) is 9.22. The third-order valence-electron chi connectivity index (χ3n) is 3.12. The van der Waals surface area contributed by atoms with Gasteiger partial charge < -0.3 is 0 Å². The van der Waals surface area contributed by atoms with Gasteiger partial charge in [-0.05, 0) is 38.7 Å². The van der Waals surface area contributed by atoms with E-state index >= 15 is 0 Å². The van der Waals surface area contributed by atoms with E-state index in [0.717, 1.165) is 5.57 Å². The SMILES string of the molecule is CO[NH2+]/C=C\C=C(/C)C(C)(C#N)C1CC1. The van der Waals surface area contributed by atoms with Gasteiger partial charge >= 0.3 is 0 Å². The first kappa shape index (κ1) is 12.0. The molecule has 0 heterocycles. The van der Waals surface area contributed by atoms with Gasteiger partial charge in [-0.2, -0.15) is 10.7 Å². The van der Waals surface area contributed by atoms with E-state index in [2.05, 4.69) is 6.07 Å². The Hall–Kier alpha value is -1.11. The average molecular weight is 207 g/mol. The lowest BCUT2D eigenvalue weighted by Crippen LogP contribution is -2.75. The van der Waals surface area contributed by atoms with Crippen molar-refractivity contribution < 1.29 is 10.3 Å².